The molecule has 0 bridgehead atoms. The molecule has 2 aliphatic carbocycles. The molecule has 3 nitrogen and oxygen atoms in total. The van der Waals surface area contributed by atoms with Crippen LogP contribution in [0.25, 0.3) is 0 Å². The molecule has 3 rings (SSSR count). The lowest BCUT2D eigenvalue weighted by Gasteiger charge is -2.56. The minimum Gasteiger partial charge on any atom is -0.379 e. The van der Waals surface area contributed by atoms with Crippen LogP contribution < -0.4 is 5.32 Å². The second-order valence-electron chi connectivity index (χ2n) is 6.60. The summed E-state index contributed by atoms with van der Waals surface area (Å²) in [6.07, 6.45) is 11.5. The van der Waals surface area contributed by atoms with Gasteiger partial charge in [-0.05, 0) is 32.2 Å². The van der Waals surface area contributed by atoms with Crippen molar-refractivity contribution in [2.45, 2.75) is 76.5 Å². The number of hydrogen-bond acceptors (Lipinski definition) is 3. The monoisotopic (exact) mass is 267 g/mol. The Labute approximate surface area is 117 Å². The van der Waals surface area contributed by atoms with Gasteiger partial charge in [0.15, 0.2) is 0 Å². The maximum atomic E-state index is 6.41. The third-order valence-electron chi connectivity index (χ3n) is 5.51. The van der Waals surface area contributed by atoms with Crippen molar-refractivity contribution in [1.82, 2.24) is 5.32 Å². The molecule has 0 aromatic rings. The second-order valence-corrected chi connectivity index (χ2v) is 6.60. The molecule has 0 aromatic heterocycles. The number of hydrogen-bond donors (Lipinski definition) is 1. The van der Waals surface area contributed by atoms with Crippen LogP contribution in [0.1, 0.15) is 58.3 Å². The van der Waals surface area contributed by atoms with Crippen molar-refractivity contribution >= 4 is 0 Å². The maximum Gasteiger partial charge on any atom is 0.0834 e. The van der Waals surface area contributed by atoms with Gasteiger partial charge >= 0.3 is 0 Å². The summed E-state index contributed by atoms with van der Waals surface area (Å²) in [4.78, 5) is 0. The fraction of sp³-hybridized carbons (Fsp3) is 1.00. The van der Waals surface area contributed by atoms with E-state index in [1.807, 2.05) is 0 Å². The van der Waals surface area contributed by atoms with Crippen molar-refractivity contribution in [1.29, 1.82) is 0 Å². The highest BCUT2D eigenvalue weighted by Crippen LogP contribution is 2.53. The second kappa shape index (κ2) is 6.11. The Morgan fingerprint density at radius 2 is 2.00 bits per heavy atom. The van der Waals surface area contributed by atoms with E-state index in [-0.39, 0.29) is 0 Å². The lowest BCUT2D eigenvalue weighted by molar-refractivity contribution is -0.168. The predicted octanol–water partition coefficient (Wildman–Crippen LogP) is 2.88. The van der Waals surface area contributed by atoms with E-state index in [1.54, 1.807) is 0 Å². The zero-order valence-corrected chi connectivity index (χ0v) is 12.3. The molecule has 3 aliphatic rings. The first-order valence-electron chi connectivity index (χ1n) is 8.32. The smallest absolute Gasteiger partial charge is 0.0834 e. The zero-order valence-electron chi connectivity index (χ0n) is 12.3. The first kappa shape index (κ1) is 13.8. The summed E-state index contributed by atoms with van der Waals surface area (Å²) >= 11 is 0. The molecule has 3 unspecified atom stereocenters. The van der Waals surface area contributed by atoms with Crippen LogP contribution in [0.5, 0.6) is 0 Å². The first-order valence-corrected chi connectivity index (χ1v) is 8.32. The molecule has 1 heterocycles. The zero-order chi connectivity index (χ0) is 13.1. The molecular formula is C16H29NO2. The van der Waals surface area contributed by atoms with Crippen molar-refractivity contribution in [2.24, 2.45) is 5.41 Å². The highest BCUT2D eigenvalue weighted by molar-refractivity contribution is 5.08. The Morgan fingerprint density at radius 1 is 1.21 bits per heavy atom. The molecule has 1 spiro atoms. The van der Waals surface area contributed by atoms with Gasteiger partial charge in [0.05, 0.1) is 18.8 Å². The van der Waals surface area contributed by atoms with Crippen LogP contribution in [0.2, 0.25) is 0 Å². The van der Waals surface area contributed by atoms with Crippen LogP contribution in [0.15, 0.2) is 0 Å². The normalized spacial score (nSPS) is 38.1. The van der Waals surface area contributed by atoms with Gasteiger partial charge < -0.3 is 14.8 Å². The summed E-state index contributed by atoms with van der Waals surface area (Å²) in [5, 5.41) is 3.71. The SMILES string of the molecule is CCNC1CC(OC2CCOC2)C12CCCCCC2. The van der Waals surface area contributed by atoms with Crippen molar-refractivity contribution in [3.05, 3.63) is 0 Å². The summed E-state index contributed by atoms with van der Waals surface area (Å²) in [6, 6.07) is 0.697. The van der Waals surface area contributed by atoms with Crippen LogP contribution in [0.3, 0.4) is 0 Å². The first-order chi connectivity index (χ1) is 9.35. The molecule has 3 fully saturated rings. The molecule has 1 aliphatic heterocycles. The minimum absolute atomic E-state index is 0.368. The van der Waals surface area contributed by atoms with Crippen LogP contribution in [-0.2, 0) is 9.47 Å². The summed E-state index contributed by atoms with van der Waals surface area (Å²) < 4.78 is 11.9. The largest absolute Gasteiger partial charge is 0.379 e. The Balaban J connectivity index is 1.65. The fourth-order valence-corrected chi connectivity index (χ4v) is 4.38. The third kappa shape index (κ3) is 2.70. The van der Waals surface area contributed by atoms with Gasteiger partial charge in [-0.25, -0.2) is 0 Å². The minimum atomic E-state index is 0.368. The average molecular weight is 267 g/mol. The van der Waals surface area contributed by atoms with Gasteiger partial charge in [-0.15, -0.1) is 0 Å². The topological polar surface area (TPSA) is 30.5 Å². The Morgan fingerprint density at radius 3 is 2.63 bits per heavy atom. The Bertz CT molecular complexity index is 280. The van der Waals surface area contributed by atoms with Crippen molar-refractivity contribution in [2.75, 3.05) is 19.8 Å². The number of rotatable bonds is 4. The number of nitrogens with one attached hydrogen (secondary N) is 1. The van der Waals surface area contributed by atoms with E-state index >= 15 is 0 Å². The molecular weight excluding hydrogens is 238 g/mol. The van der Waals surface area contributed by atoms with Crippen LogP contribution in [0, 0.1) is 5.41 Å². The molecule has 110 valence electrons. The highest BCUT2D eigenvalue weighted by atomic mass is 16.6. The van der Waals surface area contributed by atoms with Gasteiger partial charge in [-0.2, -0.15) is 0 Å². The molecule has 1 N–H and O–H groups in total. The summed E-state index contributed by atoms with van der Waals surface area (Å²) in [6.45, 7) is 5.02. The molecule has 0 amide bonds. The van der Waals surface area contributed by atoms with Gasteiger partial charge in [-0.3, -0.25) is 0 Å². The van der Waals surface area contributed by atoms with E-state index in [1.165, 1.54) is 44.9 Å². The van der Waals surface area contributed by atoms with Crippen LogP contribution in [0.4, 0.5) is 0 Å². The molecule has 3 heteroatoms. The van der Waals surface area contributed by atoms with E-state index in [0.717, 1.165) is 26.2 Å². The highest BCUT2D eigenvalue weighted by Gasteiger charge is 2.55. The molecule has 2 saturated carbocycles. The predicted molar refractivity (Wildman–Crippen MR) is 76.3 cm³/mol. The molecule has 0 aromatic carbocycles. The average Bonchev–Trinajstić information content (AvgIpc) is 2.78. The van der Waals surface area contributed by atoms with Gasteiger partial charge in [0.1, 0.15) is 0 Å². The van der Waals surface area contributed by atoms with Gasteiger partial charge in [0, 0.05) is 18.1 Å². The summed E-state index contributed by atoms with van der Waals surface area (Å²) in [5.41, 5.74) is 0.440. The van der Waals surface area contributed by atoms with Crippen molar-refractivity contribution in [3.8, 4) is 0 Å². The van der Waals surface area contributed by atoms with E-state index in [0.29, 0.717) is 23.7 Å². The van der Waals surface area contributed by atoms with Gasteiger partial charge in [0.25, 0.3) is 0 Å². The molecule has 3 atom stereocenters. The van der Waals surface area contributed by atoms with Crippen molar-refractivity contribution in [3.63, 3.8) is 0 Å². The fourth-order valence-electron chi connectivity index (χ4n) is 4.38. The number of ether oxygens (including phenoxy) is 2. The van der Waals surface area contributed by atoms with E-state index < -0.39 is 0 Å². The molecule has 1 saturated heterocycles. The van der Waals surface area contributed by atoms with Crippen LogP contribution in [-0.4, -0.2) is 38.0 Å². The van der Waals surface area contributed by atoms with Gasteiger partial charge in [0.2, 0.25) is 0 Å². The maximum absolute atomic E-state index is 6.41. The van der Waals surface area contributed by atoms with E-state index in [4.69, 9.17) is 9.47 Å². The Kier molecular flexibility index (Phi) is 4.45. The molecule has 19 heavy (non-hydrogen) atoms. The standard InChI is InChI=1S/C16H29NO2/c1-2-17-14-11-15(19-13-7-10-18-12-13)16(14)8-5-3-4-6-9-16/h13-15,17H,2-12H2,1H3. The van der Waals surface area contributed by atoms with Crippen LogP contribution >= 0.6 is 0 Å². The summed E-state index contributed by atoms with van der Waals surface area (Å²) in [5.74, 6) is 0. The lowest BCUT2D eigenvalue weighted by Crippen LogP contribution is -2.64. The van der Waals surface area contributed by atoms with Crippen molar-refractivity contribution < 1.29 is 9.47 Å². The third-order valence-corrected chi connectivity index (χ3v) is 5.51. The van der Waals surface area contributed by atoms with Gasteiger partial charge in [-0.1, -0.05) is 32.6 Å². The lowest BCUT2D eigenvalue weighted by atomic mass is 9.57. The quantitative estimate of drug-likeness (QED) is 0.849. The molecule has 0 radical (unpaired) electrons. The Hall–Kier alpha value is -0.120. The van der Waals surface area contributed by atoms with E-state index in [2.05, 4.69) is 12.2 Å². The summed E-state index contributed by atoms with van der Waals surface area (Å²) in [7, 11) is 0. The van der Waals surface area contributed by atoms with E-state index in [9.17, 15) is 0 Å².